The van der Waals surface area contributed by atoms with Crippen molar-refractivity contribution in [2.75, 3.05) is 4.90 Å². The van der Waals surface area contributed by atoms with E-state index in [1.54, 1.807) is 12.2 Å². The molecule has 0 N–H and O–H groups in total. The predicted octanol–water partition coefficient (Wildman–Crippen LogP) is 7.40. The number of aryl methyl sites for hydroxylation is 1. The van der Waals surface area contributed by atoms with Gasteiger partial charge in [-0.1, -0.05) is 75.9 Å². The van der Waals surface area contributed by atoms with Gasteiger partial charge in [-0.2, -0.15) is 0 Å². The van der Waals surface area contributed by atoms with Gasteiger partial charge in [0.15, 0.2) is 0 Å². The van der Waals surface area contributed by atoms with E-state index in [-0.39, 0.29) is 5.54 Å². The first-order valence-corrected chi connectivity index (χ1v) is 9.85. The molecule has 0 aromatic carbocycles. The monoisotopic (exact) mass is 364 g/mol. The minimum atomic E-state index is -0.0272. The van der Waals surface area contributed by atoms with Gasteiger partial charge >= 0.3 is 0 Å². The lowest BCUT2D eigenvalue weighted by atomic mass is 9.89. The summed E-state index contributed by atoms with van der Waals surface area (Å²) in [6.07, 6.45) is 13.7. The van der Waals surface area contributed by atoms with Gasteiger partial charge < -0.3 is 4.90 Å². The molecule has 0 radical (unpaired) electrons. The summed E-state index contributed by atoms with van der Waals surface area (Å²) in [6, 6.07) is 4.14. The van der Waals surface area contributed by atoms with Crippen molar-refractivity contribution < 1.29 is 0 Å². The van der Waals surface area contributed by atoms with Crippen LogP contribution in [0.2, 0.25) is 0 Å². The van der Waals surface area contributed by atoms with E-state index < -0.39 is 0 Å². The molecule has 1 aromatic rings. The summed E-state index contributed by atoms with van der Waals surface area (Å²) in [5, 5.41) is 0. The quantitative estimate of drug-likeness (QED) is 0.380. The minimum absolute atomic E-state index is 0.0272. The maximum absolute atomic E-state index is 4.89. The smallest absolute Gasteiger partial charge is 0.136 e. The highest BCUT2D eigenvalue weighted by molar-refractivity contribution is 5.58. The van der Waals surface area contributed by atoms with Crippen molar-refractivity contribution in [3.8, 4) is 0 Å². The molecule has 0 spiro atoms. The van der Waals surface area contributed by atoms with Crippen LogP contribution in [0.3, 0.4) is 0 Å². The summed E-state index contributed by atoms with van der Waals surface area (Å²) in [5.74, 6) is 0.990. The molecule has 0 aliphatic heterocycles. The van der Waals surface area contributed by atoms with Crippen LogP contribution >= 0.6 is 0 Å². The first-order chi connectivity index (χ1) is 12.8. The van der Waals surface area contributed by atoms with Gasteiger partial charge in [0.2, 0.25) is 0 Å². The number of pyridine rings is 1. The number of hydrogen-bond donors (Lipinski definition) is 0. The first-order valence-electron chi connectivity index (χ1n) is 9.85. The van der Waals surface area contributed by atoms with E-state index in [4.69, 9.17) is 4.98 Å². The molecule has 0 saturated heterocycles. The molecule has 0 saturated carbocycles. The van der Waals surface area contributed by atoms with E-state index in [0.717, 1.165) is 48.5 Å². The lowest BCUT2D eigenvalue weighted by Gasteiger charge is -2.44. The van der Waals surface area contributed by atoms with Crippen LogP contribution in [0.4, 0.5) is 5.82 Å². The molecule has 1 atom stereocenters. The number of hydrogen-bond acceptors (Lipinski definition) is 2. The van der Waals surface area contributed by atoms with Crippen LogP contribution in [-0.2, 0) is 0 Å². The Balaban J connectivity index is 3.40. The Bertz CT molecular complexity index is 724. The zero-order chi connectivity index (χ0) is 20.4. The Kier molecular flexibility index (Phi) is 9.00. The van der Waals surface area contributed by atoms with E-state index in [9.17, 15) is 0 Å². The van der Waals surface area contributed by atoms with Crippen LogP contribution in [0.1, 0.15) is 64.6 Å². The van der Waals surface area contributed by atoms with Gasteiger partial charge in [0.25, 0.3) is 0 Å². The van der Waals surface area contributed by atoms with Crippen molar-refractivity contribution in [1.82, 2.24) is 4.98 Å². The van der Waals surface area contributed by atoms with Crippen molar-refractivity contribution in [3.05, 3.63) is 78.7 Å². The lowest BCUT2D eigenvalue weighted by molar-refractivity contribution is 0.389. The molecule has 1 rings (SSSR count). The largest absolute Gasteiger partial charge is 0.324 e. The summed E-state index contributed by atoms with van der Waals surface area (Å²) in [5.41, 5.74) is 4.36. The number of anilines is 1. The van der Waals surface area contributed by atoms with Crippen molar-refractivity contribution in [2.45, 2.75) is 65.8 Å². The third-order valence-electron chi connectivity index (χ3n) is 5.03. The fourth-order valence-corrected chi connectivity index (χ4v) is 3.40. The second-order valence-electron chi connectivity index (χ2n) is 7.39. The van der Waals surface area contributed by atoms with Gasteiger partial charge in [-0.15, -0.1) is 0 Å². The van der Waals surface area contributed by atoms with E-state index in [1.165, 1.54) is 5.57 Å². The molecule has 0 aliphatic rings. The Morgan fingerprint density at radius 3 is 2.48 bits per heavy atom. The van der Waals surface area contributed by atoms with Crippen LogP contribution in [0.15, 0.2) is 67.4 Å². The van der Waals surface area contributed by atoms with Crippen molar-refractivity contribution in [3.63, 3.8) is 0 Å². The minimum Gasteiger partial charge on any atom is -0.324 e. The van der Waals surface area contributed by atoms with Gasteiger partial charge in [-0.05, 0) is 51.3 Å². The molecule has 1 aromatic heterocycles. The fraction of sp³-hybridized carbons (Fsp3) is 0.400. The van der Waals surface area contributed by atoms with E-state index in [0.29, 0.717) is 0 Å². The van der Waals surface area contributed by atoms with Crippen molar-refractivity contribution in [2.24, 2.45) is 0 Å². The normalized spacial score (nSPS) is 14.0. The molecule has 2 nitrogen and oxygen atoms in total. The van der Waals surface area contributed by atoms with E-state index in [2.05, 4.69) is 71.4 Å². The summed E-state index contributed by atoms with van der Waals surface area (Å²) < 4.78 is 0. The zero-order valence-corrected chi connectivity index (χ0v) is 17.9. The second kappa shape index (κ2) is 10.7. The number of rotatable bonds is 11. The van der Waals surface area contributed by atoms with Crippen LogP contribution in [0, 0.1) is 6.92 Å². The highest BCUT2D eigenvalue weighted by atomic mass is 15.3. The highest BCUT2D eigenvalue weighted by Crippen LogP contribution is 2.36. The van der Waals surface area contributed by atoms with Crippen molar-refractivity contribution in [1.29, 1.82) is 0 Å². The molecular weight excluding hydrogens is 328 g/mol. The average molecular weight is 365 g/mol. The summed E-state index contributed by atoms with van der Waals surface area (Å²) >= 11 is 0. The Labute approximate surface area is 166 Å². The fourth-order valence-electron chi connectivity index (χ4n) is 3.40. The van der Waals surface area contributed by atoms with Crippen molar-refractivity contribution >= 4 is 11.9 Å². The molecule has 2 heteroatoms. The first kappa shape index (κ1) is 22.7. The highest BCUT2D eigenvalue weighted by Gasteiger charge is 2.33. The number of aromatic nitrogens is 1. The van der Waals surface area contributed by atoms with Gasteiger partial charge in [0.1, 0.15) is 5.82 Å². The molecule has 1 unspecified atom stereocenters. The summed E-state index contributed by atoms with van der Waals surface area (Å²) in [6.45, 7) is 23.1. The molecule has 146 valence electrons. The maximum atomic E-state index is 4.89. The molecule has 0 bridgehead atoms. The molecule has 27 heavy (non-hydrogen) atoms. The maximum Gasteiger partial charge on any atom is 0.136 e. The van der Waals surface area contributed by atoms with Gasteiger partial charge in [0.05, 0.1) is 5.69 Å². The molecule has 0 amide bonds. The standard InChI is InChI=1S/C25H36N2/c1-9-13-14-15-20(5)19-22(7)27(25(8,12-4)18-10-2)24-21(6)16-17-23(11-3)26-24/h9,11,13-17H,1,3,7,10,12,18-19H2,2,4-6,8H3/b14-13-,20-15+. The number of allylic oxidation sites excluding steroid dienone is 5. The van der Waals surface area contributed by atoms with Gasteiger partial charge in [-0.25, -0.2) is 4.98 Å². The topological polar surface area (TPSA) is 16.1 Å². The average Bonchev–Trinajstić information content (AvgIpc) is 2.63. The zero-order valence-electron chi connectivity index (χ0n) is 17.9. The summed E-state index contributed by atoms with van der Waals surface area (Å²) in [7, 11) is 0. The third-order valence-corrected chi connectivity index (χ3v) is 5.03. The lowest BCUT2D eigenvalue weighted by Crippen LogP contribution is -2.46. The Morgan fingerprint density at radius 2 is 1.93 bits per heavy atom. The molecule has 0 aliphatic carbocycles. The van der Waals surface area contributed by atoms with Crippen LogP contribution in [0.5, 0.6) is 0 Å². The van der Waals surface area contributed by atoms with Crippen LogP contribution < -0.4 is 4.90 Å². The SMILES string of the molecule is C=C/C=C\C=C(/C)CC(=C)N(c1nc(C=C)ccc1C)C(C)(CC)CCC. The van der Waals surface area contributed by atoms with Crippen LogP contribution in [0.25, 0.3) is 6.08 Å². The Hall–Kier alpha value is -2.35. The molecule has 1 heterocycles. The second-order valence-corrected chi connectivity index (χ2v) is 7.39. The third kappa shape index (κ3) is 6.09. The predicted molar refractivity (Wildman–Crippen MR) is 122 cm³/mol. The van der Waals surface area contributed by atoms with E-state index >= 15 is 0 Å². The summed E-state index contributed by atoms with van der Waals surface area (Å²) in [4.78, 5) is 7.26. The van der Waals surface area contributed by atoms with Crippen LogP contribution in [-0.4, -0.2) is 10.5 Å². The van der Waals surface area contributed by atoms with Gasteiger partial charge in [0, 0.05) is 17.7 Å². The van der Waals surface area contributed by atoms with E-state index in [1.807, 2.05) is 18.2 Å². The Morgan fingerprint density at radius 1 is 1.22 bits per heavy atom. The molecular formula is C25H36N2. The van der Waals surface area contributed by atoms with Gasteiger partial charge in [-0.3, -0.25) is 0 Å². The number of nitrogens with zero attached hydrogens (tertiary/aromatic N) is 2. The molecule has 0 fully saturated rings.